The minimum absolute atomic E-state index is 0.103. The monoisotopic (exact) mass is 1280 g/mol. The van der Waals surface area contributed by atoms with Crippen molar-refractivity contribution in [1.29, 1.82) is 5.26 Å². The molecule has 15 aromatic rings. The molecular formula is C66H28F18N6S. The van der Waals surface area contributed by atoms with Gasteiger partial charge >= 0.3 is 37.1 Å². The third-order valence-electron chi connectivity index (χ3n) is 16.5. The van der Waals surface area contributed by atoms with E-state index in [9.17, 15) is 5.26 Å². The highest BCUT2D eigenvalue weighted by molar-refractivity contribution is 7.25. The molecule has 6 heterocycles. The second-order valence-corrected chi connectivity index (χ2v) is 22.7. The van der Waals surface area contributed by atoms with Gasteiger partial charge in [-0.3, -0.25) is 9.13 Å². The summed E-state index contributed by atoms with van der Waals surface area (Å²) in [6.45, 7) is 0. The summed E-state index contributed by atoms with van der Waals surface area (Å²) < 4.78 is 279. The van der Waals surface area contributed by atoms with Gasteiger partial charge in [-0.05, 0) is 97.1 Å². The summed E-state index contributed by atoms with van der Waals surface area (Å²) in [5.41, 5.74) is -15.4. The summed E-state index contributed by atoms with van der Waals surface area (Å²) >= 11 is 1.36. The molecular weight excluding hydrogens is 1250 g/mol. The second-order valence-electron chi connectivity index (χ2n) is 21.6. The third kappa shape index (κ3) is 8.68. The number of halogens is 18. The molecule has 0 bridgehead atoms. The lowest BCUT2D eigenvalue weighted by Gasteiger charge is -2.24. The Morgan fingerprint density at radius 2 is 0.582 bits per heavy atom. The molecule has 0 aliphatic carbocycles. The molecule has 0 saturated heterocycles. The van der Waals surface area contributed by atoms with Gasteiger partial charge in [0.15, 0.2) is 11.6 Å². The Kier molecular flexibility index (Phi) is 11.9. The van der Waals surface area contributed by atoms with E-state index in [0.29, 0.717) is 108 Å². The van der Waals surface area contributed by atoms with Gasteiger partial charge in [0.25, 0.3) is 0 Å². The number of fused-ring (bicyclic) bond motifs is 15. The number of rotatable bonds is 4. The lowest BCUT2D eigenvalue weighted by molar-refractivity contribution is -0.138. The fraction of sp³-hybridized carbons (Fsp3) is 0.0909. The molecule has 0 unspecified atom stereocenters. The number of alkyl halides is 18. The van der Waals surface area contributed by atoms with E-state index in [1.165, 1.54) is 28.0 Å². The molecule has 25 heteroatoms. The van der Waals surface area contributed by atoms with E-state index in [0.717, 1.165) is 45.7 Å². The molecule has 0 N–H and O–H groups in total. The maximum atomic E-state index is 15.3. The number of hydrogen-bond acceptors (Lipinski definition) is 3. The van der Waals surface area contributed by atoms with E-state index < -0.39 is 132 Å². The standard InChI is InChI=1S/C66H28F18N6S/c67-61(68,69)30-9-15-37-38-16-10-31(62(70,71)72)22-49(38)87(48(37)21-30)57-46(29-85)58(88-50-23-32(63(73,74)75)11-17-39(50)40-18-12-33(24-51(40)88)64(76,77)78)60(90-52-25-34(65(79,80)81)13-19-41(52)42-20-14-35(26-53(42)90)66(82,83)84)86-59(57)89-47-7-3-1-5-36(47)44-28-56-45(27-54(44)89)43-6-2-4-8-55(43)91-56/h1-28H. The van der Waals surface area contributed by atoms with Crippen molar-refractivity contribution in [1.82, 2.24) is 23.3 Å². The Bertz CT molecular complexity index is 5500. The van der Waals surface area contributed by atoms with Crippen molar-refractivity contribution in [2.75, 3.05) is 0 Å². The zero-order valence-corrected chi connectivity index (χ0v) is 45.9. The lowest BCUT2D eigenvalue weighted by atomic mass is 10.1. The number of nitrogens with zero attached hydrogens (tertiary/aromatic N) is 6. The first kappa shape index (κ1) is 57.2. The molecule has 9 aromatic carbocycles. The van der Waals surface area contributed by atoms with E-state index in [1.807, 2.05) is 12.1 Å². The molecule has 0 atom stereocenters. The van der Waals surface area contributed by atoms with E-state index in [-0.39, 0.29) is 43.4 Å². The zero-order valence-electron chi connectivity index (χ0n) is 45.1. The summed E-state index contributed by atoms with van der Waals surface area (Å²) in [6.07, 6.45) is -31.5. The van der Waals surface area contributed by atoms with Crippen LogP contribution in [0.2, 0.25) is 0 Å². The molecule has 0 aliphatic heterocycles. The number of pyridine rings is 1. The predicted octanol–water partition coefficient (Wildman–Crippen LogP) is 21.8. The molecule has 6 nitrogen and oxygen atoms in total. The highest BCUT2D eigenvalue weighted by atomic mass is 32.1. The predicted molar refractivity (Wildman–Crippen MR) is 309 cm³/mol. The average Bonchev–Trinajstić information content (AvgIpc) is 1.58. The van der Waals surface area contributed by atoms with Crippen molar-refractivity contribution >= 4 is 119 Å². The van der Waals surface area contributed by atoms with Crippen LogP contribution >= 0.6 is 11.3 Å². The molecule has 0 saturated carbocycles. The van der Waals surface area contributed by atoms with Gasteiger partial charge < -0.3 is 9.13 Å². The Morgan fingerprint density at radius 1 is 0.286 bits per heavy atom. The highest BCUT2D eigenvalue weighted by Gasteiger charge is 2.40. The van der Waals surface area contributed by atoms with Gasteiger partial charge in [-0.25, -0.2) is 4.98 Å². The summed E-state index contributed by atoms with van der Waals surface area (Å²) in [5.74, 6) is -1.68. The van der Waals surface area contributed by atoms with Crippen molar-refractivity contribution in [2.45, 2.75) is 37.1 Å². The normalized spacial score (nSPS) is 13.4. The van der Waals surface area contributed by atoms with Gasteiger partial charge in [-0.1, -0.05) is 72.8 Å². The van der Waals surface area contributed by atoms with Crippen LogP contribution in [0.5, 0.6) is 0 Å². The SMILES string of the molecule is N#Cc1c(-n2c3cc(C(F)(F)F)ccc3c3ccc(C(F)(F)F)cc32)c(-n2c3cc(C(F)(F)F)ccc3c3ccc(C(F)(F)F)cc32)nc(-n2c3ccccc3c3cc4sc5ccccc5c4cc32)c1-n1c2cc(C(F)(F)F)ccc2c2ccc(C(F)(F)F)cc21. The largest absolute Gasteiger partial charge is 0.416 e. The number of thiophene rings is 1. The summed E-state index contributed by atoms with van der Waals surface area (Å²) in [4.78, 5) is 5.19. The first-order valence-corrected chi connectivity index (χ1v) is 27.7. The van der Waals surface area contributed by atoms with E-state index >= 15 is 79.0 Å². The van der Waals surface area contributed by atoms with Gasteiger partial charge in [-0.15, -0.1) is 11.3 Å². The summed E-state index contributed by atoms with van der Waals surface area (Å²) in [7, 11) is 0. The van der Waals surface area contributed by atoms with Crippen LogP contribution in [0.3, 0.4) is 0 Å². The average molecular weight is 1280 g/mol. The number of benzene rings is 9. The minimum Gasteiger partial charge on any atom is -0.305 e. The molecule has 6 aromatic heterocycles. The van der Waals surface area contributed by atoms with Gasteiger partial charge in [0.05, 0.1) is 77.5 Å². The first-order chi connectivity index (χ1) is 42.9. The molecule has 454 valence electrons. The maximum Gasteiger partial charge on any atom is 0.416 e. The maximum absolute atomic E-state index is 15.3. The number of hydrogen-bond donors (Lipinski definition) is 0. The summed E-state index contributed by atoms with van der Waals surface area (Å²) in [5, 5.41) is 12.8. The third-order valence-corrected chi connectivity index (χ3v) is 17.7. The number of aromatic nitrogens is 5. The van der Waals surface area contributed by atoms with Crippen molar-refractivity contribution in [2.24, 2.45) is 0 Å². The van der Waals surface area contributed by atoms with Crippen LogP contribution in [0.25, 0.3) is 130 Å². The Hall–Kier alpha value is -10.2. The van der Waals surface area contributed by atoms with Crippen molar-refractivity contribution in [3.63, 3.8) is 0 Å². The zero-order chi connectivity index (χ0) is 64.1. The minimum atomic E-state index is -5.28. The van der Waals surface area contributed by atoms with Crippen LogP contribution in [-0.4, -0.2) is 23.3 Å². The fourth-order valence-corrected chi connectivity index (χ4v) is 13.7. The molecule has 0 aliphatic rings. The molecule has 0 fully saturated rings. The number of para-hydroxylation sites is 1. The van der Waals surface area contributed by atoms with Crippen LogP contribution in [-0.2, 0) is 37.1 Å². The van der Waals surface area contributed by atoms with Gasteiger partial charge in [-0.2, -0.15) is 84.3 Å². The van der Waals surface area contributed by atoms with Crippen molar-refractivity contribution < 1.29 is 79.0 Å². The van der Waals surface area contributed by atoms with Crippen LogP contribution in [0.15, 0.2) is 170 Å². The quantitative estimate of drug-likeness (QED) is 0.165. The second kappa shape index (κ2) is 18.9. The van der Waals surface area contributed by atoms with E-state index in [2.05, 4.69) is 0 Å². The Morgan fingerprint density at radius 3 is 0.934 bits per heavy atom. The topological polar surface area (TPSA) is 56.4 Å². The van der Waals surface area contributed by atoms with Gasteiger partial charge in [0, 0.05) is 63.3 Å². The molecule has 0 amide bonds. The van der Waals surface area contributed by atoms with E-state index in [4.69, 9.17) is 4.98 Å². The van der Waals surface area contributed by atoms with Crippen LogP contribution < -0.4 is 0 Å². The van der Waals surface area contributed by atoms with Crippen LogP contribution in [0.1, 0.15) is 38.9 Å². The van der Waals surface area contributed by atoms with Crippen molar-refractivity contribution in [3.05, 3.63) is 209 Å². The van der Waals surface area contributed by atoms with E-state index in [1.54, 1.807) is 42.5 Å². The fourth-order valence-electron chi connectivity index (χ4n) is 12.6. The lowest BCUT2D eigenvalue weighted by Crippen LogP contribution is -2.17. The Balaban J connectivity index is 1.28. The molecule has 0 spiro atoms. The van der Waals surface area contributed by atoms with Crippen molar-refractivity contribution in [3.8, 4) is 29.1 Å². The molecule has 15 rings (SSSR count). The van der Waals surface area contributed by atoms with Crippen LogP contribution in [0.4, 0.5) is 79.0 Å². The smallest absolute Gasteiger partial charge is 0.305 e. The Labute approximate surface area is 499 Å². The van der Waals surface area contributed by atoms with Gasteiger partial charge in [0.1, 0.15) is 23.0 Å². The number of nitriles is 1. The van der Waals surface area contributed by atoms with Gasteiger partial charge in [0.2, 0.25) is 0 Å². The van der Waals surface area contributed by atoms with Crippen LogP contribution in [0, 0.1) is 11.3 Å². The summed E-state index contributed by atoms with van der Waals surface area (Å²) in [6, 6.07) is 30.6. The first-order valence-electron chi connectivity index (χ1n) is 26.9. The molecule has 91 heavy (non-hydrogen) atoms. The molecule has 0 radical (unpaired) electrons. The highest BCUT2D eigenvalue weighted by Crippen LogP contribution is 2.50.